The van der Waals surface area contributed by atoms with Gasteiger partial charge in [-0.3, -0.25) is 9.10 Å². The number of sulfonamides is 1. The maximum absolute atomic E-state index is 13.9. The van der Waals surface area contributed by atoms with Gasteiger partial charge in [-0.1, -0.05) is 30.3 Å². The van der Waals surface area contributed by atoms with E-state index in [1.165, 1.54) is 22.7 Å². The molecule has 3 aromatic carbocycles. The molecule has 9 nitrogen and oxygen atoms in total. The summed E-state index contributed by atoms with van der Waals surface area (Å²) in [5.74, 6) is -0.611. The summed E-state index contributed by atoms with van der Waals surface area (Å²) in [5.41, 5.74) is 2.50. The largest absolute Gasteiger partial charge is 0.458 e. The summed E-state index contributed by atoms with van der Waals surface area (Å²) in [6, 6.07) is 19.2. The van der Waals surface area contributed by atoms with Gasteiger partial charge in [0.1, 0.15) is 17.2 Å². The molecule has 0 radical (unpaired) electrons. The summed E-state index contributed by atoms with van der Waals surface area (Å²) in [7, 11) is -4.37. The summed E-state index contributed by atoms with van der Waals surface area (Å²) in [4.78, 5) is 13.5. The molecule has 1 unspecified atom stereocenters. The van der Waals surface area contributed by atoms with Gasteiger partial charge in [0.25, 0.3) is 5.91 Å². The van der Waals surface area contributed by atoms with Gasteiger partial charge in [0.2, 0.25) is 10.0 Å². The highest BCUT2D eigenvalue weighted by molar-refractivity contribution is 7.92. The maximum atomic E-state index is 13.9. The molecule has 50 heavy (non-hydrogen) atoms. The first-order valence-electron chi connectivity index (χ1n) is 17.3. The van der Waals surface area contributed by atoms with Crippen LogP contribution in [0.25, 0.3) is 22.3 Å². The van der Waals surface area contributed by atoms with E-state index in [9.17, 15) is 17.6 Å². The van der Waals surface area contributed by atoms with E-state index in [1.54, 1.807) is 18.2 Å². The van der Waals surface area contributed by atoms with E-state index in [2.05, 4.69) is 5.32 Å². The van der Waals surface area contributed by atoms with Crippen LogP contribution in [0.15, 0.2) is 71.1 Å². The number of benzene rings is 3. The zero-order valence-corrected chi connectivity index (χ0v) is 30.4. The quantitative estimate of drug-likeness (QED) is 0.135. The Morgan fingerprint density at radius 2 is 1.70 bits per heavy atom. The van der Waals surface area contributed by atoms with Crippen LogP contribution in [0.1, 0.15) is 74.9 Å². The molecule has 2 fully saturated rings. The molecule has 1 amide bonds. The average Bonchev–Trinajstić information content (AvgIpc) is 3.78. The van der Waals surface area contributed by atoms with Gasteiger partial charge in [-0.15, -0.1) is 0 Å². The van der Waals surface area contributed by atoms with Crippen LogP contribution in [0.3, 0.4) is 0 Å². The van der Waals surface area contributed by atoms with Crippen molar-refractivity contribution in [3.63, 3.8) is 0 Å². The Hall–Kier alpha value is -3.71. The Balaban J connectivity index is 1.40. The van der Waals surface area contributed by atoms with Crippen LogP contribution in [-0.4, -0.2) is 58.6 Å². The van der Waals surface area contributed by atoms with Crippen LogP contribution in [0.5, 0.6) is 0 Å². The number of nitrogens with one attached hydrogen (secondary N) is 1. The van der Waals surface area contributed by atoms with E-state index in [-0.39, 0.29) is 30.9 Å². The molecule has 1 saturated carbocycles. The van der Waals surface area contributed by atoms with Gasteiger partial charge < -0.3 is 23.8 Å². The molecule has 4 aromatic rings. The smallest absolute Gasteiger partial charge is 0.455 e. The average molecular weight is 705 g/mol. The third-order valence-electron chi connectivity index (χ3n) is 9.91. The van der Waals surface area contributed by atoms with Crippen molar-refractivity contribution in [3.05, 3.63) is 89.2 Å². The first-order chi connectivity index (χ1) is 23.7. The Bertz CT molecular complexity index is 1930. The third kappa shape index (κ3) is 7.78. The second-order valence-electron chi connectivity index (χ2n) is 14.4. The SMILES string of the molecule is CCNC(=O)c1c(-c2ccc(F)cc2)oc2cc(N(CC(COCc3ccccc3)CB3OC(C)(C)C(C)(C)O3)S(C)(=O)=O)c(C3CC3)cc12. The van der Waals surface area contributed by atoms with Crippen molar-refractivity contribution >= 4 is 39.7 Å². The lowest BCUT2D eigenvalue weighted by atomic mass is 9.77. The molecule has 1 aliphatic heterocycles. The highest BCUT2D eigenvalue weighted by Gasteiger charge is 2.51. The third-order valence-corrected chi connectivity index (χ3v) is 11.1. The fourth-order valence-corrected chi connectivity index (χ4v) is 7.46. The van der Waals surface area contributed by atoms with Gasteiger partial charge in [0.05, 0.1) is 41.9 Å². The Morgan fingerprint density at radius 1 is 1.04 bits per heavy atom. The normalized spacial score (nSPS) is 17.6. The van der Waals surface area contributed by atoms with E-state index >= 15 is 0 Å². The van der Waals surface area contributed by atoms with Crippen molar-refractivity contribution in [1.82, 2.24) is 5.32 Å². The molecule has 1 N–H and O–H groups in total. The fourth-order valence-electron chi connectivity index (χ4n) is 6.46. The number of ether oxygens (including phenoxy) is 1. The standard InChI is InChI=1S/C38H46BFN2O7S/c1-7-41-36(43)34-31-19-30(27-13-14-27)32(20-33(31)47-35(34)28-15-17-29(40)18-16-28)42(50(6,44)45)22-26(24-46-23-25-11-9-8-10-12-25)21-39-48-37(2,3)38(4,5)49-39/h8-12,15-20,26-27H,7,13-14,21-24H2,1-6H3,(H,41,43). The monoisotopic (exact) mass is 704 g/mol. The van der Waals surface area contributed by atoms with Crippen LogP contribution < -0.4 is 9.62 Å². The highest BCUT2D eigenvalue weighted by atomic mass is 32.2. The molecule has 1 aliphatic carbocycles. The highest BCUT2D eigenvalue weighted by Crippen LogP contribution is 2.48. The summed E-state index contributed by atoms with van der Waals surface area (Å²) in [6.07, 6.45) is 3.40. The van der Waals surface area contributed by atoms with Gasteiger partial charge in [-0.25, -0.2) is 12.8 Å². The van der Waals surface area contributed by atoms with E-state index in [0.29, 0.717) is 53.0 Å². The van der Waals surface area contributed by atoms with Gasteiger partial charge in [-0.05, 0) is 107 Å². The Labute approximate surface area is 294 Å². The minimum atomic E-state index is -3.82. The van der Waals surface area contributed by atoms with Crippen LogP contribution in [0.4, 0.5) is 10.1 Å². The molecule has 1 atom stereocenters. The zero-order chi connectivity index (χ0) is 35.8. The number of nitrogens with zero attached hydrogens (tertiary/aromatic N) is 1. The molecular formula is C38H46BFN2O7S. The van der Waals surface area contributed by atoms with E-state index < -0.39 is 34.2 Å². The summed E-state index contributed by atoms with van der Waals surface area (Å²) in [5, 5.41) is 3.45. The molecular weight excluding hydrogens is 658 g/mol. The molecule has 0 bridgehead atoms. The molecule has 2 heterocycles. The molecule has 1 saturated heterocycles. The molecule has 6 rings (SSSR count). The predicted molar refractivity (Wildman–Crippen MR) is 194 cm³/mol. The number of hydrogen-bond donors (Lipinski definition) is 1. The number of amides is 1. The second-order valence-corrected chi connectivity index (χ2v) is 16.3. The van der Waals surface area contributed by atoms with Crippen molar-refractivity contribution in [3.8, 4) is 11.3 Å². The number of fused-ring (bicyclic) bond motifs is 1. The van der Waals surface area contributed by atoms with Crippen molar-refractivity contribution in [2.45, 2.75) is 77.5 Å². The lowest BCUT2D eigenvalue weighted by Gasteiger charge is -2.32. The van der Waals surface area contributed by atoms with E-state index in [1.807, 2.05) is 71.0 Å². The van der Waals surface area contributed by atoms with Crippen molar-refractivity contribution < 1.29 is 36.1 Å². The van der Waals surface area contributed by atoms with Gasteiger partial charge in [0.15, 0.2) is 0 Å². The molecule has 266 valence electrons. The van der Waals surface area contributed by atoms with E-state index in [4.69, 9.17) is 18.5 Å². The summed E-state index contributed by atoms with van der Waals surface area (Å²) in [6.45, 7) is 11.0. The lowest BCUT2D eigenvalue weighted by Crippen LogP contribution is -2.41. The number of rotatable bonds is 14. The van der Waals surface area contributed by atoms with Gasteiger partial charge in [-0.2, -0.15) is 0 Å². The first kappa shape index (κ1) is 36.1. The van der Waals surface area contributed by atoms with Crippen LogP contribution in [0.2, 0.25) is 6.32 Å². The van der Waals surface area contributed by atoms with E-state index in [0.717, 1.165) is 24.0 Å². The number of anilines is 1. The number of carbonyl (C=O) groups excluding carboxylic acids is 1. The molecule has 2 aliphatic rings. The number of furan rings is 1. The Morgan fingerprint density at radius 3 is 2.30 bits per heavy atom. The van der Waals surface area contributed by atoms with Crippen molar-refractivity contribution in [2.75, 3.05) is 30.3 Å². The maximum Gasteiger partial charge on any atom is 0.458 e. The molecule has 0 spiro atoms. The number of halogens is 1. The summed E-state index contributed by atoms with van der Waals surface area (Å²) >= 11 is 0. The topological polar surface area (TPSA) is 107 Å². The van der Waals surface area contributed by atoms with Crippen LogP contribution in [-0.2, 0) is 30.7 Å². The van der Waals surface area contributed by atoms with Crippen molar-refractivity contribution in [2.24, 2.45) is 5.92 Å². The first-order valence-corrected chi connectivity index (χ1v) is 19.1. The molecule has 12 heteroatoms. The minimum Gasteiger partial charge on any atom is -0.455 e. The number of carbonyl (C=O) groups is 1. The Kier molecular flexibility index (Phi) is 10.2. The zero-order valence-electron chi connectivity index (χ0n) is 29.6. The lowest BCUT2D eigenvalue weighted by molar-refractivity contribution is 0.00578. The second kappa shape index (κ2) is 14.1. The van der Waals surface area contributed by atoms with Crippen molar-refractivity contribution in [1.29, 1.82) is 0 Å². The summed E-state index contributed by atoms with van der Waals surface area (Å²) < 4.78 is 68.1. The predicted octanol–water partition coefficient (Wildman–Crippen LogP) is 7.56. The minimum absolute atomic E-state index is 0.109. The van der Waals surface area contributed by atoms with Gasteiger partial charge in [0, 0.05) is 30.1 Å². The molecule has 1 aromatic heterocycles. The number of hydrogen-bond acceptors (Lipinski definition) is 7. The van der Waals surface area contributed by atoms with Gasteiger partial charge >= 0.3 is 7.12 Å². The fraction of sp³-hybridized carbons (Fsp3) is 0.447. The van der Waals surface area contributed by atoms with Crippen LogP contribution in [0, 0.1) is 11.7 Å². The van der Waals surface area contributed by atoms with Crippen LogP contribution >= 0.6 is 0 Å².